The van der Waals surface area contributed by atoms with Crippen molar-refractivity contribution in [1.29, 1.82) is 5.26 Å². The van der Waals surface area contributed by atoms with Crippen molar-refractivity contribution in [3.8, 4) is 11.8 Å². The van der Waals surface area contributed by atoms with Crippen LogP contribution in [0.5, 0.6) is 5.75 Å². The molecule has 3 heteroatoms. The van der Waals surface area contributed by atoms with Gasteiger partial charge in [0.1, 0.15) is 5.75 Å². The number of nitriles is 1. The van der Waals surface area contributed by atoms with Crippen LogP contribution in [0.3, 0.4) is 0 Å². The van der Waals surface area contributed by atoms with Crippen LogP contribution in [0.2, 0.25) is 0 Å². The minimum Gasteiger partial charge on any atom is -0.491 e. The second-order valence-corrected chi connectivity index (χ2v) is 4.71. The molecule has 1 rings (SSSR count). The Bertz CT molecular complexity index is 409. The fraction of sp³-hybridized carbons (Fsp3) is 0.533. The Balaban J connectivity index is 2.85. The Morgan fingerprint density at radius 3 is 2.67 bits per heavy atom. The van der Waals surface area contributed by atoms with Crippen LogP contribution in [0, 0.1) is 17.2 Å². The molecule has 0 fully saturated rings. The summed E-state index contributed by atoms with van der Waals surface area (Å²) in [6.07, 6.45) is 0.940. The molecule has 0 aliphatic heterocycles. The summed E-state index contributed by atoms with van der Waals surface area (Å²) in [6.45, 7) is 5.92. The van der Waals surface area contributed by atoms with Gasteiger partial charge in [0, 0.05) is 0 Å². The molecule has 0 bridgehead atoms. The summed E-state index contributed by atoms with van der Waals surface area (Å²) in [6, 6.07) is 9.51. The highest BCUT2D eigenvalue weighted by atomic mass is 16.5. The lowest BCUT2D eigenvalue weighted by molar-refractivity contribution is 0.129. The summed E-state index contributed by atoms with van der Waals surface area (Å²) in [5, 5.41) is 19.3. The highest BCUT2D eigenvalue weighted by Gasteiger charge is 2.20. The third-order valence-electron chi connectivity index (χ3n) is 2.72. The summed E-state index contributed by atoms with van der Waals surface area (Å²) < 4.78 is 5.58. The number of aliphatic hydroxyl groups excluding tert-OH is 1. The van der Waals surface area contributed by atoms with Gasteiger partial charge < -0.3 is 9.84 Å². The van der Waals surface area contributed by atoms with Gasteiger partial charge in [0.15, 0.2) is 0 Å². The van der Waals surface area contributed by atoms with E-state index in [0.717, 1.165) is 17.7 Å². The van der Waals surface area contributed by atoms with E-state index in [9.17, 15) is 5.11 Å². The summed E-state index contributed by atoms with van der Waals surface area (Å²) >= 11 is 0. The smallest absolute Gasteiger partial charge is 0.120 e. The van der Waals surface area contributed by atoms with E-state index in [-0.39, 0.29) is 12.0 Å². The fourth-order valence-electron chi connectivity index (χ4n) is 1.88. The van der Waals surface area contributed by atoms with E-state index in [4.69, 9.17) is 10.00 Å². The van der Waals surface area contributed by atoms with Crippen LogP contribution in [0.1, 0.15) is 45.3 Å². The van der Waals surface area contributed by atoms with Crippen molar-refractivity contribution in [2.75, 3.05) is 0 Å². The van der Waals surface area contributed by atoms with Gasteiger partial charge in [-0.2, -0.15) is 5.26 Å². The van der Waals surface area contributed by atoms with Gasteiger partial charge in [-0.25, -0.2) is 0 Å². The molecule has 3 nitrogen and oxygen atoms in total. The maximum atomic E-state index is 10.2. The molecule has 0 aliphatic rings. The number of nitrogens with zero attached hydrogens (tertiary/aromatic N) is 1. The zero-order valence-corrected chi connectivity index (χ0v) is 11.3. The minimum absolute atomic E-state index is 0.0970. The Morgan fingerprint density at radius 2 is 2.11 bits per heavy atom. The maximum Gasteiger partial charge on any atom is 0.120 e. The fourth-order valence-corrected chi connectivity index (χ4v) is 1.88. The average molecular weight is 247 g/mol. The highest BCUT2D eigenvalue weighted by molar-refractivity contribution is 5.31. The monoisotopic (exact) mass is 247 g/mol. The second-order valence-electron chi connectivity index (χ2n) is 4.71. The van der Waals surface area contributed by atoms with E-state index < -0.39 is 6.10 Å². The van der Waals surface area contributed by atoms with Gasteiger partial charge in [0.25, 0.3) is 0 Å². The van der Waals surface area contributed by atoms with E-state index in [1.54, 1.807) is 0 Å². The van der Waals surface area contributed by atoms with Gasteiger partial charge in [-0.15, -0.1) is 0 Å². The Kier molecular flexibility index (Phi) is 5.67. The molecule has 0 amide bonds. The second kappa shape index (κ2) is 7.03. The van der Waals surface area contributed by atoms with Gasteiger partial charge in [-0.1, -0.05) is 25.5 Å². The third kappa shape index (κ3) is 4.05. The lowest BCUT2D eigenvalue weighted by Crippen LogP contribution is -2.11. The maximum absolute atomic E-state index is 10.2. The molecular formula is C15H21NO2. The first-order valence-electron chi connectivity index (χ1n) is 6.42. The molecule has 0 saturated heterocycles. The first-order chi connectivity index (χ1) is 8.58. The van der Waals surface area contributed by atoms with Gasteiger partial charge >= 0.3 is 0 Å². The molecule has 0 spiro atoms. The largest absolute Gasteiger partial charge is 0.491 e. The standard InChI is InChI=1S/C15H21NO2/c1-4-6-13(10-16)15(17)12-7-5-8-14(9-12)18-11(2)3/h5,7-9,11,13,15,17H,4,6H2,1-3H3. The number of aliphatic hydroxyl groups is 1. The number of hydrogen-bond acceptors (Lipinski definition) is 3. The third-order valence-corrected chi connectivity index (χ3v) is 2.72. The summed E-state index contributed by atoms with van der Waals surface area (Å²) in [5.41, 5.74) is 0.744. The van der Waals surface area contributed by atoms with Crippen molar-refractivity contribution in [1.82, 2.24) is 0 Å². The molecule has 1 aromatic rings. The van der Waals surface area contributed by atoms with Crippen molar-refractivity contribution >= 4 is 0 Å². The number of ether oxygens (including phenoxy) is 1. The SMILES string of the molecule is CCCC(C#N)C(O)c1cccc(OC(C)C)c1. The van der Waals surface area contributed by atoms with Crippen molar-refractivity contribution in [3.05, 3.63) is 29.8 Å². The Hall–Kier alpha value is -1.53. The molecule has 2 atom stereocenters. The summed E-state index contributed by atoms with van der Waals surface area (Å²) in [5.74, 6) is 0.374. The quantitative estimate of drug-likeness (QED) is 0.837. The molecule has 0 radical (unpaired) electrons. The molecule has 1 N–H and O–H groups in total. The molecule has 18 heavy (non-hydrogen) atoms. The van der Waals surface area contributed by atoms with Crippen LogP contribution in [-0.4, -0.2) is 11.2 Å². The van der Waals surface area contributed by atoms with Gasteiger partial charge in [-0.05, 0) is 38.0 Å². The van der Waals surface area contributed by atoms with Crippen molar-refractivity contribution in [3.63, 3.8) is 0 Å². The Morgan fingerprint density at radius 1 is 1.39 bits per heavy atom. The van der Waals surface area contributed by atoms with Gasteiger partial charge in [0.05, 0.1) is 24.2 Å². The molecule has 1 aromatic carbocycles. The van der Waals surface area contributed by atoms with Crippen LogP contribution < -0.4 is 4.74 Å². The van der Waals surface area contributed by atoms with Crippen LogP contribution in [0.15, 0.2) is 24.3 Å². The van der Waals surface area contributed by atoms with Crippen LogP contribution in [-0.2, 0) is 0 Å². The Labute approximate surface area is 109 Å². The predicted octanol–water partition coefficient (Wildman–Crippen LogP) is 3.45. The minimum atomic E-state index is -0.745. The zero-order valence-electron chi connectivity index (χ0n) is 11.3. The first-order valence-corrected chi connectivity index (χ1v) is 6.42. The number of benzene rings is 1. The molecular weight excluding hydrogens is 226 g/mol. The van der Waals surface area contributed by atoms with Crippen molar-refractivity contribution < 1.29 is 9.84 Å². The lowest BCUT2D eigenvalue weighted by atomic mass is 9.93. The summed E-state index contributed by atoms with van der Waals surface area (Å²) in [4.78, 5) is 0. The highest BCUT2D eigenvalue weighted by Crippen LogP contribution is 2.27. The lowest BCUT2D eigenvalue weighted by Gasteiger charge is -2.18. The molecule has 0 heterocycles. The normalized spacial score (nSPS) is 14.0. The zero-order chi connectivity index (χ0) is 13.5. The average Bonchev–Trinajstić information content (AvgIpc) is 2.34. The van der Waals surface area contributed by atoms with Crippen LogP contribution >= 0.6 is 0 Å². The molecule has 98 valence electrons. The summed E-state index contributed by atoms with van der Waals surface area (Å²) in [7, 11) is 0. The van der Waals surface area contributed by atoms with Crippen LogP contribution in [0.4, 0.5) is 0 Å². The first kappa shape index (κ1) is 14.5. The van der Waals surface area contributed by atoms with E-state index in [1.165, 1.54) is 0 Å². The van der Waals surface area contributed by atoms with E-state index in [0.29, 0.717) is 6.42 Å². The topological polar surface area (TPSA) is 53.2 Å². The van der Waals surface area contributed by atoms with Crippen molar-refractivity contribution in [2.45, 2.75) is 45.8 Å². The molecule has 0 aromatic heterocycles. The van der Waals surface area contributed by atoms with E-state index >= 15 is 0 Å². The predicted molar refractivity (Wildman–Crippen MR) is 71.2 cm³/mol. The van der Waals surface area contributed by atoms with E-state index in [1.807, 2.05) is 45.0 Å². The molecule has 0 saturated carbocycles. The number of rotatable bonds is 6. The van der Waals surface area contributed by atoms with Gasteiger partial charge in [-0.3, -0.25) is 0 Å². The van der Waals surface area contributed by atoms with Crippen molar-refractivity contribution in [2.24, 2.45) is 5.92 Å². The van der Waals surface area contributed by atoms with Gasteiger partial charge in [0.2, 0.25) is 0 Å². The molecule has 2 unspecified atom stereocenters. The molecule has 0 aliphatic carbocycles. The van der Waals surface area contributed by atoms with Crippen LogP contribution in [0.25, 0.3) is 0 Å². The van der Waals surface area contributed by atoms with E-state index in [2.05, 4.69) is 6.07 Å². The number of hydrogen-bond donors (Lipinski definition) is 1.